The molecule has 1 saturated carbocycles. The van der Waals surface area contributed by atoms with Crippen molar-refractivity contribution in [3.63, 3.8) is 0 Å². The fourth-order valence-corrected chi connectivity index (χ4v) is 5.02. The van der Waals surface area contributed by atoms with Gasteiger partial charge in [-0.3, -0.25) is 29.4 Å². The van der Waals surface area contributed by atoms with Crippen LogP contribution in [0, 0.1) is 17.8 Å². The topological polar surface area (TPSA) is 133 Å². The number of fused-ring (bicyclic) bond motifs is 1. The molecule has 3 amide bonds. The lowest BCUT2D eigenvalue weighted by atomic mass is 9.81. The maximum atomic E-state index is 12.8. The Balaban J connectivity index is 0.000000509. The third-order valence-corrected chi connectivity index (χ3v) is 6.77. The summed E-state index contributed by atoms with van der Waals surface area (Å²) in [6.07, 6.45) is 0.00615. The molecule has 13 heteroatoms. The highest BCUT2D eigenvalue weighted by molar-refractivity contribution is 6.09. The van der Waals surface area contributed by atoms with Crippen LogP contribution in [0.4, 0.5) is 13.2 Å². The first-order valence-electron chi connectivity index (χ1n) is 10.9. The summed E-state index contributed by atoms with van der Waals surface area (Å²) in [7, 11) is 4.43. The Morgan fingerprint density at radius 2 is 1.71 bits per heavy atom. The van der Waals surface area contributed by atoms with E-state index in [1.807, 2.05) is 0 Å². The number of amides is 3. The number of ether oxygens (including phenoxy) is 1. The summed E-state index contributed by atoms with van der Waals surface area (Å²) in [5.74, 6) is -5.41. The Morgan fingerprint density at radius 3 is 2.18 bits per heavy atom. The van der Waals surface area contributed by atoms with Crippen LogP contribution in [-0.2, 0) is 28.7 Å². The van der Waals surface area contributed by atoms with Crippen molar-refractivity contribution in [2.24, 2.45) is 17.8 Å². The highest BCUT2D eigenvalue weighted by Crippen LogP contribution is 2.43. The van der Waals surface area contributed by atoms with Crippen LogP contribution < -0.4 is 5.32 Å². The van der Waals surface area contributed by atoms with Gasteiger partial charge in [0.15, 0.2) is 0 Å². The Morgan fingerprint density at radius 1 is 1.18 bits per heavy atom. The van der Waals surface area contributed by atoms with Crippen molar-refractivity contribution in [1.82, 2.24) is 15.1 Å². The number of likely N-dealkylation sites (tertiary alicyclic amines) is 1. The van der Waals surface area contributed by atoms with Gasteiger partial charge in [-0.15, -0.1) is 0 Å². The van der Waals surface area contributed by atoms with Crippen molar-refractivity contribution in [2.45, 2.75) is 56.8 Å². The average molecular weight is 493 g/mol. The van der Waals surface area contributed by atoms with Crippen molar-refractivity contribution in [2.75, 3.05) is 27.7 Å². The van der Waals surface area contributed by atoms with E-state index in [0.717, 1.165) is 30.6 Å². The summed E-state index contributed by atoms with van der Waals surface area (Å²) in [5, 5.41) is 10.3. The van der Waals surface area contributed by atoms with Crippen LogP contribution in [0.2, 0.25) is 0 Å². The number of imide groups is 1. The van der Waals surface area contributed by atoms with Gasteiger partial charge in [-0.1, -0.05) is 19.3 Å². The number of hydrogen-bond acceptors (Lipinski definition) is 7. The molecule has 4 atom stereocenters. The minimum absolute atomic E-state index is 0.0246. The van der Waals surface area contributed by atoms with Crippen molar-refractivity contribution in [1.29, 1.82) is 0 Å². The number of carboxylic acid groups (broad SMARTS) is 1. The molecule has 0 bridgehead atoms. The van der Waals surface area contributed by atoms with Gasteiger partial charge in [0.25, 0.3) is 0 Å². The van der Waals surface area contributed by atoms with Crippen molar-refractivity contribution < 1.29 is 47.0 Å². The molecule has 10 nitrogen and oxygen atoms in total. The summed E-state index contributed by atoms with van der Waals surface area (Å²) in [4.78, 5) is 62.1. The van der Waals surface area contributed by atoms with Crippen LogP contribution in [0.3, 0.4) is 0 Å². The third kappa shape index (κ3) is 5.34. The van der Waals surface area contributed by atoms with Crippen LogP contribution in [0.25, 0.3) is 0 Å². The van der Waals surface area contributed by atoms with Crippen LogP contribution in [0.1, 0.15) is 39.0 Å². The molecule has 0 aromatic carbocycles. The van der Waals surface area contributed by atoms with E-state index >= 15 is 0 Å². The van der Waals surface area contributed by atoms with Gasteiger partial charge in [0.2, 0.25) is 17.7 Å². The molecule has 1 aliphatic carbocycles. The zero-order chi connectivity index (χ0) is 26.0. The molecule has 0 radical (unpaired) electrons. The summed E-state index contributed by atoms with van der Waals surface area (Å²) >= 11 is 0. The first kappa shape index (κ1) is 27.5. The number of nitrogens with zero attached hydrogens (tertiary/aromatic N) is 2. The molecule has 0 aromatic heterocycles. The smallest absolute Gasteiger partial charge is 0.475 e. The summed E-state index contributed by atoms with van der Waals surface area (Å²) in [6.45, 7) is 1.87. The number of methoxy groups -OCH3 is 1. The molecule has 2 heterocycles. The molecule has 2 saturated heterocycles. The minimum atomic E-state index is -5.08. The van der Waals surface area contributed by atoms with E-state index in [-0.39, 0.29) is 30.2 Å². The monoisotopic (exact) mass is 493 g/mol. The number of aliphatic carboxylic acids is 1. The maximum Gasteiger partial charge on any atom is 0.490 e. The van der Waals surface area contributed by atoms with Crippen LogP contribution in [0.5, 0.6) is 0 Å². The zero-order valence-electron chi connectivity index (χ0n) is 19.5. The number of carbonyl (C=O) groups excluding carboxylic acids is 4. The molecule has 0 spiro atoms. The van der Waals surface area contributed by atoms with Gasteiger partial charge in [-0.25, -0.2) is 4.79 Å². The number of halogens is 3. The predicted octanol–water partition coefficient (Wildman–Crippen LogP) is 0.793. The molecular weight excluding hydrogens is 463 g/mol. The van der Waals surface area contributed by atoms with E-state index in [0.29, 0.717) is 0 Å². The highest BCUT2D eigenvalue weighted by Gasteiger charge is 2.66. The quantitative estimate of drug-likeness (QED) is 0.434. The predicted molar refractivity (Wildman–Crippen MR) is 110 cm³/mol. The number of carbonyl (C=O) groups is 5. The average Bonchev–Trinajstić information content (AvgIpc) is 3.21. The summed E-state index contributed by atoms with van der Waals surface area (Å²) in [5.41, 5.74) is -1.28. The first-order chi connectivity index (χ1) is 15.7. The molecular formula is C21H30F3N3O7. The van der Waals surface area contributed by atoms with Crippen molar-refractivity contribution >= 4 is 29.7 Å². The standard InChI is InChI=1S/C19H29N3O5.C2HF3O2/c1-19(18(26)27-4)14-13(16(24)22(3)17(14)25)12(20-19)10-21(2)15(23)11-8-6-5-7-9-11;3-2(4,5)1(6)7/h11-14,20H,5-10H2,1-4H3;(H,6,7)/t12-,13+,14-,19-;/m1./s1. The summed E-state index contributed by atoms with van der Waals surface area (Å²) in [6, 6.07) is -0.474. The normalized spacial score (nSPS) is 29.3. The van der Waals surface area contributed by atoms with Gasteiger partial charge >= 0.3 is 18.1 Å². The Labute approximate surface area is 194 Å². The van der Waals surface area contributed by atoms with Gasteiger partial charge < -0.3 is 14.7 Å². The van der Waals surface area contributed by atoms with E-state index in [4.69, 9.17) is 14.6 Å². The second kappa shape index (κ2) is 10.3. The van der Waals surface area contributed by atoms with Crippen LogP contribution in [-0.4, -0.2) is 90.1 Å². The third-order valence-electron chi connectivity index (χ3n) is 6.77. The number of carboxylic acids is 1. The van der Waals surface area contributed by atoms with E-state index < -0.39 is 41.5 Å². The molecule has 2 aliphatic heterocycles. The number of likely N-dealkylation sites (N-methyl/N-ethyl adjacent to an activating group) is 1. The van der Waals surface area contributed by atoms with Crippen LogP contribution >= 0.6 is 0 Å². The lowest BCUT2D eigenvalue weighted by Crippen LogP contribution is -2.56. The maximum absolute atomic E-state index is 12.8. The fourth-order valence-electron chi connectivity index (χ4n) is 5.02. The number of hydrogen-bond donors (Lipinski definition) is 2. The Bertz CT molecular complexity index is 844. The minimum Gasteiger partial charge on any atom is -0.475 e. The lowest BCUT2D eigenvalue weighted by Gasteiger charge is -2.31. The molecule has 192 valence electrons. The van der Waals surface area contributed by atoms with Gasteiger partial charge in [0.1, 0.15) is 5.54 Å². The molecule has 3 rings (SSSR count). The molecule has 0 aromatic rings. The van der Waals surface area contributed by atoms with Gasteiger partial charge in [-0.2, -0.15) is 13.2 Å². The van der Waals surface area contributed by atoms with Crippen molar-refractivity contribution in [3.05, 3.63) is 0 Å². The second-order valence-corrected chi connectivity index (χ2v) is 9.04. The molecule has 2 N–H and O–H groups in total. The van der Waals surface area contributed by atoms with Gasteiger partial charge in [0, 0.05) is 32.6 Å². The number of alkyl halides is 3. The largest absolute Gasteiger partial charge is 0.490 e. The lowest BCUT2D eigenvalue weighted by molar-refractivity contribution is -0.192. The van der Waals surface area contributed by atoms with Crippen LogP contribution in [0.15, 0.2) is 0 Å². The number of rotatable bonds is 4. The van der Waals surface area contributed by atoms with Gasteiger partial charge in [0.05, 0.1) is 18.9 Å². The Kier molecular flexibility index (Phi) is 8.33. The highest BCUT2D eigenvalue weighted by atomic mass is 19.4. The van der Waals surface area contributed by atoms with E-state index in [1.54, 1.807) is 18.9 Å². The Hall–Kier alpha value is -2.70. The SMILES string of the molecule is COC(=O)[C@]1(C)N[C@H](CN(C)C(=O)C2CCCCC2)[C@@H]2C(=O)N(C)C(=O)[C@@H]21.O=C(O)C(F)(F)F. The molecule has 3 fully saturated rings. The number of nitrogens with one attached hydrogen (secondary N) is 1. The zero-order valence-corrected chi connectivity index (χ0v) is 19.5. The first-order valence-corrected chi connectivity index (χ1v) is 10.9. The fraction of sp³-hybridized carbons (Fsp3) is 0.762. The molecule has 34 heavy (non-hydrogen) atoms. The summed E-state index contributed by atoms with van der Waals surface area (Å²) < 4.78 is 36.6. The van der Waals surface area contributed by atoms with E-state index in [9.17, 15) is 32.3 Å². The van der Waals surface area contributed by atoms with Gasteiger partial charge in [-0.05, 0) is 19.8 Å². The van der Waals surface area contributed by atoms with Crippen molar-refractivity contribution in [3.8, 4) is 0 Å². The molecule has 3 aliphatic rings. The van der Waals surface area contributed by atoms with E-state index in [2.05, 4.69) is 5.32 Å². The molecule has 0 unspecified atom stereocenters. The number of esters is 1. The second-order valence-electron chi connectivity index (χ2n) is 9.04. The van der Waals surface area contributed by atoms with E-state index in [1.165, 1.54) is 20.6 Å².